The predicted octanol–water partition coefficient (Wildman–Crippen LogP) is 8.97. The summed E-state index contributed by atoms with van der Waals surface area (Å²) in [7, 11) is 0. The summed E-state index contributed by atoms with van der Waals surface area (Å²) in [4.78, 5) is 24.3. The molecule has 0 N–H and O–H groups in total. The highest BCUT2D eigenvalue weighted by molar-refractivity contribution is 5.76. The van der Waals surface area contributed by atoms with Crippen molar-refractivity contribution < 1.29 is 0 Å². The molecule has 5 nitrogen and oxygen atoms in total. The van der Waals surface area contributed by atoms with Gasteiger partial charge in [0.15, 0.2) is 5.82 Å². The minimum absolute atomic E-state index is 0.675. The average molecular weight is 554 g/mol. The molecule has 0 radical (unpaired) electrons. The number of hydrogen-bond donors (Lipinski definition) is 0. The summed E-state index contributed by atoms with van der Waals surface area (Å²) in [5.74, 6) is 0.675. The largest absolute Gasteiger partial charge is 0.254 e. The molecule has 0 aliphatic rings. The fourth-order valence-electron chi connectivity index (χ4n) is 4.97. The van der Waals surface area contributed by atoms with E-state index in [0.29, 0.717) is 5.82 Å². The van der Waals surface area contributed by atoms with Crippen LogP contribution in [0.3, 0.4) is 0 Å². The first-order chi connectivity index (χ1) is 21.2. The van der Waals surface area contributed by atoms with Crippen LogP contribution in [-0.4, -0.2) is 24.9 Å². The van der Waals surface area contributed by atoms with Gasteiger partial charge in [-0.2, -0.15) is 0 Å². The molecule has 0 amide bonds. The number of hydrogen-bond acceptors (Lipinski definition) is 5. The Hall–Kier alpha value is -5.81. The molecule has 4 aromatic heterocycles. The number of aromatic nitrogens is 5. The molecule has 7 aromatic rings. The Labute approximate surface area is 250 Å². The molecular weight excluding hydrogens is 526 g/mol. The molecule has 43 heavy (non-hydrogen) atoms. The fourth-order valence-corrected chi connectivity index (χ4v) is 4.97. The monoisotopic (exact) mass is 553 g/mol. The lowest BCUT2D eigenvalue weighted by molar-refractivity contribution is 1.17. The van der Waals surface area contributed by atoms with E-state index in [9.17, 15) is 0 Å². The Morgan fingerprint density at radius 2 is 0.884 bits per heavy atom. The third kappa shape index (κ3) is 5.69. The zero-order valence-electron chi connectivity index (χ0n) is 23.6. The van der Waals surface area contributed by atoms with Gasteiger partial charge in [-0.15, -0.1) is 0 Å². The van der Waals surface area contributed by atoms with Gasteiger partial charge < -0.3 is 0 Å². The van der Waals surface area contributed by atoms with Gasteiger partial charge in [-0.3, -0.25) is 9.97 Å². The highest BCUT2D eigenvalue weighted by Gasteiger charge is 2.13. The molecule has 0 aliphatic carbocycles. The first-order valence-corrected chi connectivity index (χ1v) is 14.2. The van der Waals surface area contributed by atoms with Crippen LogP contribution in [0.15, 0.2) is 146 Å². The van der Waals surface area contributed by atoms with Gasteiger partial charge in [-0.1, -0.05) is 97.1 Å². The standard InChI is InChI=1S/C38H27N5/c1-26-17-19-32(39-24-26)36-21-31(27-11-5-2-6-12-27)22-37(41-36)33-20-18-30(25-40-33)35-23-34(28-13-7-3-8-14-28)42-38(43-35)29-15-9-4-10-16-29/h2-25H,1H3. The van der Waals surface area contributed by atoms with E-state index in [1.165, 1.54) is 0 Å². The second kappa shape index (κ2) is 11.6. The number of rotatable bonds is 6. The van der Waals surface area contributed by atoms with Gasteiger partial charge >= 0.3 is 0 Å². The second-order valence-corrected chi connectivity index (χ2v) is 10.3. The number of nitrogens with zero attached hydrogens (tertiary/aromatic N) is 5. The summed E-state index contributed by atoms with van der Waals surface area (Å²) in [5, 5.41) is 0. The Morgan fingerprint density at radius 3 is 1.44 bits per heavy atom. The molecule has 0 fully saturated rings. The predicted molar refractivity (Wildman–Crippen MR) is 173 cm³/mol. The van der Waals surface area contributed by atoms with Crippen molar-refractivity contribution in [2.24, 2.45) is 0 Å². The van der Waals surface area contributed by atoms with E-state index in [-0.39, 0.29) is 0 Å². The lowest BCUT2D eigenvalue weighted by atomic mass is 10.0. The quantitative estimate of drug-likeness (QED) is 0.206. The average Bonchev–Trinajstić information content (AvgIpc) is 3.09. The van der Waals surface area contributed by atoms with Crippen LogP contribution in [0.1, 0.15) is 5.56 Å². The van der Waals surface area contributed by atoms with E-state index < -0.39 is 0 Å². The molecule has 0 spiro atoms. The van der Waals surface area contributed by atoms with E-state index >= 15 is 0 Å². The zero-order chi connectivity index (χ0) is 29.0. The summed E-state index contributed by atoms with van der Waals surface area (Å²) in [6.07, 6.45) is 3.73. The number of pyridine rings is 3. The molecule has 0 saturated carbocycles. The maximum absolute atomic E-state index is 4.99. The Kier molecular flexibility index (Phi) is 7.04. The highest BCUT2D eigenvalue weighted by atomic mass is 14.9. The molecule has 0 unspecified atom stereocenters. The van der Waals surface area contributed by atoms with E-state index in [0.717, 1.165) is 67.5 Å². The van der Waals surface area contributed by atoms with Crippen molar-refractivity contribution >= 4 is 0 Å². The Bertz CT molecular complexity index is 1930. The van der Waals surface area contributed by atoms with Crippen LogP contribution in [-0.2, 0) is 0 Å². The van der Waals surface area contributed by atoms with Crippen LogP contribution in [0.2, 0.25) is 0 Å². The maximum atomic E-state index is 4.99. The van der Waals surface area contributed by atoms with Crippen LogP contribution in [0.5, 0.6) is 0 Å². The third-order valence-electron chi connectivity index (χ3n) is 7.26. The summed E-state index contributed by atoms with van der Waals surface area (Å²) in [6, 6.07) is 44.9. The van der Waals surface area contributed by atoms with Crippen LogP contribution in [0.4, 0.5) is 0 Å². The summed E-state index contributed by atoms with van der Waals surface area (Å²) >= 11 is 0. The van der Waals surface area contributed by atoms with Crippen molar-refractivity contribution in [3.05, 3.63) is 151 Å². The zero-order valence-corrected chi connectivity index (χ0v) is 23.6. The normalized spacial score (nSPS) is 10.9. The van der Waals surface area contributed by atoms with Crippen LogP contribution in [0.25, 0.3) is 67.8 Å². The van der Waals surface area contributed by atoms with Gasteiger partial charge in [0.2, 0.25) is 0 Å². The summed E-state index contributed by atoms with van der Waals surface area (Å²) < 4.78 is 0. The van der Waals surface area contributed by atoms with Gasteiger partial charge in [-0.05, 0) is 60.0 Å². The maximum Gasteiger partial charge on any atom is 0.160 e. The van der Waals surface area contributed by atoms with E-state index in [2.05, 4.69) is 53.5 Å². The molecule has 204 valence electrons. The minimum Gasteiger partial charge on any atom is -0.254 e. The van der Waals surface area contributed by atoms with Gasteiger partial charge in [0.25, 0.3) is 0 Å². The van der Waals surface area contributed by atoms with Crippen molar-refractivity contribution in [3.8, 4) is 67.8 Å². The number of aryl methyl sites for hydroxylation is 1. The minimum atomic E-state index is 0.675. The first kappa shape index (κ1) is 26.1. The van der Waals surface area contributed by atoms with Gasteiger partial charge in [0, 0.05) is 29.1 Å². The lowest BCUT2D eigenvalue weighted by Crippen LogP contribution is -1.97. The van der Waals surface area contributed by atoms with Crippen molar-refractivity contribution in [2.45, 2.75) is 6.92 Å². The molecule has 0 aliphatic heterocycles. The third-order valence-corrected chi connectivity index (χ3v) is 7.26. The molecule has 0 saturated heterocycles. The smallest absolute Gasteiger partial charge is 0.160 e. The van der Waals surface area contributed by atoms with Crippen LogP contribution < -0.4 is 0 Å². The number of benzene rings is 3. The molecule has 7 rings (SSSR count). The lowest BCUT2D eigenvalue weighted by Gasteiger charge is -2.11. The fraction of sp³-hybridized carbons (Fsp3) is 0.0263. The highest BCUT2D eigenvalue weighted by Crippen LogP contribution is 2.31. The second-order valence-electron chi connectivity index (χ2n) is 10.3. The summed E-state index contributed by atoms with van der Waals surface area (Å²) in [6.45, 7) is 2.03. The summed E-state index contributed by atoms with van der Waals surface area (Å²) in [5.41, 5.74) is 11.0. The van der Waals surface area contributed by atoms with E-state index in [4.69, 9.17) is 19.9 Å². The molecule has 0 atom stereocenters. The van der Waals surface area contributed by atoms with Gasteiger partial charge in [-0.25, -0.2) is 15.0 Å². The van der Waals surface area contributed by atoms with Crippen molar-refractivity contribution in [3.63, 3.8) is 0 Å². The van der Waals surface area contributed by atoms with E-state index in [1.807, 2.05) is 104 Å². The van der Waals surface area contributed by atoms with Crippen molar-refractivity contribution in [2.75, 3.05) is 0 Å². The SMILES string of the molecule is Cc1ccc(-c2cc(-c3ccccc3)cc(-c3ccc(-c4cc(-c5ccccc5)nc(-c5ccccc5)n4)cn3)n2)nc1. The van der Waals surface area contributed by atoms with Gasteiger partial charge in [0.1, 0.15) is 0 Å². The Balaban J connectivity index is 1.31. The molecule has 3 aromatic carbocycles. The van der Waals surface area contributed by atoms with Crippen molar-refractivity contribution in [1.29, 1.82) is 0 Å². The topological polar surface area (TPSA) is 64.5 Å². The molecular formula is C38H27N5. The van der Waals surface area contributed by atoms with Crippen molar-refractivity contribution in [1.82, 2.24) is 24.9 Å². The van der Waals surface area contributed by atoms with Gasteiger partial charge in [0.05, 0.1) is 34.2 Å². The molecule has 5 heteroatoms. The molecule has 4 heterocycles. The van der Waals surface area contributed by atoms with Crippen LogP contribution >= 0.6 is 0 Å². The molecule has 0 bridgehead atoms. The van der Waals surface area contributed by atoms with E-state index in [1.54, 1.807) is 0 Å². The first-order valence-electron chi connectivity index (χ1n) is 14.2. The Morgan fingerprint density at radius 1 is 0.349 bits per heavy atom. The van der Waals surface area contributed by atoms with Crippen LogP contribution in [0, 0.1) is 6.92 Å².